The average Bonchev–Trinajstić information content (AvgIpc) is 2.04. The van der Waals surface area contributed by atoms with Gasteiger partial charge in [0.25, 0.3) is 0 Å². The van der Waals surface area contributed by atoms with Crippen molar-refractivity contribution in [2.75, 3.05) is 7.11 Å². The minimum atomic E-state index is -0.479. The summed E-state index contributed by atoms with van der Waals surface area (Å²) in [4.78, 5) is 10.9. The highest BCUT2D eigenvalue weighted by Crippen LogP contribution is 2.29. The molecule has 0 bridgehead atoms. The molecule has 70 valence electrons. The van der Waals surface area contributed by atoms with Crippen molar-refractivity contribution < 1.29 is 9.53 Å². The molecule has 0 fully saturated rings. The Morgan fingerprint density at radius 3 is 2.62 bits per heavy atom. The summed E-state index contributed by atoms with van der Waals surface area (Å²) < 4.78 is 5.03. The Balaban J connectivity index is 3.35. The normalized spacial score (nSPS) is 9.77. The zero-order valence-corrected chi connectivity index (χ0v) is 8.18. The average molecular weight is 200 g/mol. The number of primary amides is 1. The number of carbonyl (C=O) groups is 1. The zero-order valence-electron chi connectivity index (χ0n) is 7.43. The van der Waals surface area contributed by atoms with Crippen LogP contribution in [0.15, 0.2) is 12.1 Å². The second-order valence-corrected chi connectivity index (χ2v) is 3.02. The van der Waals surface area contributed by atoms with Crippen LogP contribution in [0, 0.1) is 6.92 Å². The van der Waals surface area contributed by atoms with Gasteiger partial charge in [-0.2, -0.15) is 0 Å². The maximum absolute atomic E-state index is 10.9. The summed E-state index contributed by atoms with van der Waals surface area (Å²) in [6.07, 6.45) is 0. The summed E-state index contributed by atoms with van der Waals surface area (Å²) in [7, 11) is 1.50. The molecule has 1 aromatic rings. The molecular weight excluding hydrogens is 190 g/mol. The van der Waals surface area contributed by atoms with Gasteiger partial charge in [0.2, 0.25) is 5.91 Å². The molecule has 0 aliphatic heterocycles. The van der Waals surface area contributed by atoms with Crippen molar-refractivity contribution in [2.24, 2.45) is 5.73 Å². The maximum Gasteiger partial charge on any atom is 0.249 e. The summed E-state index contributed by atoms with van der Waals surface area (Å²) in [5, 5.41) is 0.477. The SMILES string of the molecule is COc1c(Cl)ccc(C(N)=O)c1C. The molecule has 0 aliphatic carbocycles. The van der Waals surface area contributed by atoms with Crippen molar-refractivity contribution in [1.82, 2.24) is 0 Å². The number of ether oxygens (including phenoxy) is 1. The molecule has 1 rings (SSSR count). The fraction of sp³-hybridized carbons (Fsp3) is 0.222. The third kappa shape index (κ3) is 1.75. The van der Waals surface area contributed by atoms with E-state index in [-0.39, 0.29) is 0 Å². The Hall–Kier alpha value is -1.22. The smallest absolute Gasteiger partial charge is 0.249 e. The topological polar surface area (TPSA) is 52.3 Å². The van der Waals surface area contributed by atoms with E-state index < -0.39 is 5.91 Å². The molecule has 0 atom stereocenters. The molecule has 0 saturated carbocycles. The highest BCUT2D eigenvalue weighted by molar-refractivity contribution is 6.32. The van der Waals surface area contributed by atoms with Crippen LogP contribution in [-0.2, 0) is 0 Å². The molecule has 0 aromatic heterocycles. The van der Waals surface area contributed by atoms with E-state index in [1.807, 2.05) is 0 Å². The zero-order chi connectivity index (χ0) is 10.0. The van der Waals surface area contributed by atoms with Crippen molar-refractivity contribution in [1.29, 1.82) is 0 Å². The van der Waals surface area contributed by atoms with Crippen LogP contribution in [0.4, 0.5) is 0 Å². The van der Waals surface area contributed by atoms with Gasteiger partial charge in [-0.15, -0.1) is 0 Å². The predicted octanol–water partition coefficient (Wildman–Crippen LogP) is 1.76. The number of nitrogens with two attached hydrogens (primary N) is 1. The van der Waals surface area contributed by atoms with Crippen LogP contribution in [0.1, 0.15) is 15.9 Å². The van der Waals surface area contributed by atoms with E-state index in [1.165, 1.54) is 7.11 Å². The van der Waals surface area contributed by atoms with Gasteiger partial charge in [0.15, 0.2) is 0 Å². The lowest BCUT2D eigenvalue weighted by molar-refractivity contribution is 0.0999. The Morgan fingerprint density at radius 1 is 1.54 bits per heavy atom. The van der Waals surface area contributed by atoms with E-state index in [1.54, 1.807) is 19.1 Å². The Labute approximate surface area is 81.4 Å². The lowest BCUT2D eigenvalue weighted by atomic mass is 10.1. The van der Waals surface area contributed by atoms with Crippen LogP contribution < -0.4 is 10.5 Å². The number of benzene rings is 1. The van der Waals surface area contributed by atoms with Gasteiger partial charge in [0, 0.05) is 11.1 Å². The first-order valence-electron chi connectivity index (χ1n) is 3.70. The first kappa shape index (κ1) is 9.86. The number of halogens is 1. The van der Waals surface area contributed by atoms with Crippen LogP contribution >= 0.6 is 11.6 Å². The van der Waals surface area contributed by atoms with E-state index in [9.17, 15) is 4.79 Å². The van der Waals surface area contributed by atoms with Gasteiger partial charge in [-0.1, -0.05) is 11.6 Å². The standard InChI is InChI=1S/C9H10ClNO2/c1-5-6(9(11)12)3-4-7(10)8(5)13-2/h3-4H,1-2H3,(H2,11,12). The summed E-state index contributed by atoms with van der Waals surface area (Å²) in [6, 6.07) is 3.18. The van der Waals surface area contributed by atoms with Crippen LogP contribution in [0.25, 0.3) is 0 Å². The summed E-state index contributed by atoms with van der Waals surface area (Å²) >= 11 is 5.83. The fourth-order valence-electron chi connectivity index (χ4n) is 1.18. The van der Waals surface area contributed by atoms with Gasteiger partial charge < -0.3 is 10.5 Å². The molecule has 1 amide bonds. The lowest BCUT2D eigenvalue weighted by Crippen LogP contribution is -2.13. The fourth-order valence-corrected chi connectivity index (χ4v) is 1.46. The van der Waals surface area contributed by atoms with Gasteiger partial charge in [0.05, 0.1) is 12.1 Å². The minimum Gasteiger partial charge on any atom is -0.495 e. The van der Waals surface area contributed by atoms with Crippen LogP contribution in [0.3, 0.4) is 0 Å². The largest absolute Gasteiger partial charge is 0.495 e. The number of hydrogen-bond donors (Lipinski definition) is 1. The van der Waals surface area contributed by atoms with Gasteiger partial charge >= 0.3 is 0 Å². The van der Waals surface area contributed by atoms with Crippen LogP contribution in [0.2, 0.25) is 5.02 Å². The molecule has 0 saturated heterocycles. The van der Waals surface area contributed by atoms with E-state index in [4.69, 9.17) is 22.1 Å². The van der Waals surface area contributed by atoms with Crippen molar-refractivity contribution in [3.8, 4) is 5.75 Å². The number of carbonyl (C=O) groups excluding carboxylic acids is 1. The highest BCUT2D eigenvalue weighted by Gasteiger charge is 2.11. The maximum atomic E-state index is 10.9. The first-order valence-corrected chi connectivity index (χ1v) is 4.08. The number of rotatable bonds is 2. The van der Waals surface area contributed by atoms with E-state index in [0.717, 1.165) is 0 Å². The van der Waals surface area contributed by atoms with E-state index in [0.29, 0.717) is 21.9 Å². The van der Waals surface area contributed by atoms with Gasteiger partial charge in [0.1, 0.15) is 5.75 Å². The first-order chi connectivity index (χ1) is 6.07. The van der Waals surface area contributed by atoms with Crippen molar-refractivity contribution >= 4 is 17.5 Å². The molecule has 3 nitrogen and oxygen atoms in total. The minimum absolute atomic E-state index is 0.432. The summed E-state index contributed by atoms with van der Waals surface area (Å²) in [5.41, 5.74) is 6.25. The molecule has 13 heavy (non-hydrogen) atoms. The number of hydrogen-bond acceptors (Lipinski definition) is 2. The van der Waals surface area contributed by atoms with Crippen LogP contribution in [-0.4, -0.2) is 13.0 Å². The second-order valence-electron chi connectivity index (χ2n) is 2.62. The van der Waals surface area contributed by atoms with E-state index in [2.05, 4.69) is 0 Å². The molecule has 4 heteroatoms. The highest BCUT2D eigenvalue weighted by atomic mass is 35.5. The van der Waals surface area contributed by atoms with Gasteiger partial charge in [-0.25, -0.2) is 0 Å². The second kappa shape index (κ2) is 3.66. The third-order valence-corrected chi connectivity index (χ3v) is 2.13. The Bertz CT molecular complexity index is 350. The molecule has 1 aromatic carbocycles. The van der Waals surface area contributed by atoms with Gasteiger partial charge in [-0.3, -0.25) is 4.79 Å². The predicted molar refractivity (Wildman–Crippen MR) is 51.3 cm³/mol. The third-order valence-electron chi connectivity index (χ3n) is 1.83. The van der Waals surface area contributed by atoms with Crippen molar-refractivity contribution in [3.63, 3.8) is 0 Å². The van der Waals surface area contributed by atoms with Crippen molar-refractivity contribution in [2.45, 2.75) is 6.92 Å². The number of methoxy groups -OCH3 is 1. The van der Waals surface area contributed by atoms with Crippen LogP contribution in [0.5, 0.6) is 5.75 Å². The molecule has 0 spiro atoms. The monoisotopic (exact) mass is 199 g/mol. The molecule has 0 unspecified atom stereocenters. The van der Waals surface area contributed by atoms with E-state index >= 15 is 0 Å². The quantitative estimate of drug-likeness (QED) is 0.789. The Kier molecular flexibility index (Phi) is 2.78. The Morgan fingerprint density at radius 2 is 2.15 bits per heavy atom. The van der Waals surface area contributed by atoms with Gasteiger partial charge in [-0.05, 0) is 19.1 Å². The lowest BCUT2D eigenvalue weighted by Gasteiger charge is -2.09. The number of amides is 1. The molecule has 0 radical (unpaired) electrons. The van der Waals surface area contributed by atoms with Crippen molar-refractivity contribution in [3.05, 3.63) is 28.3 Å². The summed E-state index contributed by atoms with van der Waals surface area (Å²) in [6.45, 7) is 1.74. The molecule has 0 aliphatic rings. The molecular formula is C9H10ClNO2. The molecule has 2 N–H and O–H groups in total. The summed E-state index contributed by atoms with van der Waals surface area (Å²) in [5.74, 6) is 0.0189. The molecule has 0 heterocycles.